The third-order valence-electron chi connectivity index (χ3n) is 11.1. The van der Waals surface area contributed by atoms with Crippen molar-refractivity contribution in [2.75, 3.05) is 0 Å². The van der Waals surface area contributed by atoms with Crippen molar-refractivity contribution in [3.05, 3.63) is 229 Å². The fourth-order valence-electron chi connectivity index (χ4n) is 8.55. The fourth-order valence-corrected chi connectivity index (χ4v) is 8.55. The first kappa shape index (κ1) is 33.3. The number of fused-ring (bicyclic) bond motifs is 4. The highest BCUT2D eigenvalue weighted by molar-refractivity contribution is 6.28. The molecule has 0 bridgehead atoms. The molecule has 0 nitrogen and oxygen atoms in total. The highest BCUT2D eigenvalue weighted by atomic mass is 14.2. The van der Waals surface area contributed by atoms with Crippen LogP contribution in [0.25, 0.3) is 101 Å². The molecule has 10 rings (SSSR count). The van der Waals surface area contributed by atoms with Gasteiger partial charge in [-0.2, -0.15) is 0 Å². The van der Waals surface area contributed by atoms with Crippen LogP contribution in [-0.4, -0.2) is 0 Å². The molecule has 0 atom stereocenters. The van der Waals surface area contributed by atoms with Gasteiger partial charge in [-0.1, -0.05) is 231 Å². The molecule has 0 heteroatoms. The Morgan fingerprint density at radius 1 is 0.232 bits per heavy atom. The van der Waals surface area contributed by atoms with E-state index in [0.29, 0.717) is 0 Å². The average Bonchev–Trinajstić information content (AvgIpc) is 3.27. The van der Waals surface area contributed by atoms with Crippen LogP contribution in [0.2, 0.25) is 0 Å². The summed E-state index contributed by atoms with van der Waals surface area (Å²) in [5, 5.41) is 9.96. The van der Waals surface area contributed by atoms with Crippen molar-refractivity contribution in [3.63, 3.8) is 0 Å². The summed E-state index contributed by atoms with van der Waals surface area (Å²) in [7, 11) is 0. The van der Waals surface area contributed by atoms with Crippen LogP contribution in [0.5, 0.6) is 0 Å². The molecular weight excluding hydrogens is 673 g/mol. The maximum atomic E-state index is 2.34. The van der Waals surface area contributed by atoms with Gasteiger partial charge in [0.15, 0.2) is 0 Å². The molecular formula is C56H38. The second-order valence-corrected chi connectivity index (χ2v) is 14.4. The first-order valence-electron chi connectivity index (χ1n) is 19.4. The molecule has 56 heavy (non-hydrogen) atoms. The minimum absolute atomic E-state index is 1.19. The largest absolute Gasteiger partial charge is 0.0622 e. The maximum Gasteiger partial charge on any atom is -0.00139 e. The molecule has 0 fully saturated rings. The van der Waals surface area contributed by atoms with Crippen molar-refractivity contribution in [1.29, 1.82) is 0 Å². The van der Waals surface area contributed by atoms with Gasteiger partial charge in [-0.3, -0.25) is 0 Å². The quantitative estimate of drug-likeness (QED) is 0.114. The molecule has 0 saturated heterocycles. The molecule has 10 aromatic carbocycles. The van der Waals surface area contributed by atoms with E-state index in [2.05, 4.69) is 231 Å². The van der Waals surface area contributed by atoms with Gasteiger partial charge in [-0.05, 0) is 98.7 Å². The zero-order valence-electron chi connectivity index (χ0n) is 30.9. The number of rotatable bonds is 7. The molecule has 0 aliphatic rings. The molecule has 0 N–H and O–H groups in total. The van der Waals surface area contributed by atoms with E-state index in [1.807, 2.05) is 0 Å². The Morgan fingerprint density at radius 2 is 0.625 bits per heavy atom. The van der Waals surface area contributed by atoms with Crippen molar-refractivity contribution in [2.24, 2.45) is 0 Å². The molecule has 0 aliphatic carbocycles. The summed E-state index contributed by atoms with van der Waals surface area (Å²) in [6, 6.07) is 74.9. The van der Waals surface area contributed by atoms with Crippen molar-refractivity contribution in [3.8, 4) is 33.4 Å². The molecule has 262 valence electrons. The topological polar surface area (TPSA) is 0 Å². The van der Waals surface area contributed by atoms with Crippen LogP contribution in [0.1, 0.15) is 22.3 Å². The Kier molecular flexibility index (Phi) is 8.63. The maximum absolute atomic E-state index is 2.34. The third kappa shape index (κ3) is 5.99. The van der Waals surface area contributed by atoms with Gasteiger partial charge in [0, 0.05) is 0 Å². The first-order valence-corrected chi connectivity index (χ1v) is 19.4. The SMILES string of the molecule is C(=C\c1cccc2c(-c3c4ccccc4c(-c4cccc5c(/C=C/c6ccccc6)cccc45)c4c(-c5ccccc5)cccc34)cccc12)/c1ccccc1. The van der Waals surface area contributed by atoms with Crippen LogP contribution in [0.15, 0.2) is 206 Å². The standard InChI is InChI=1S/C56H38/c1-4-17-39(18-5-1)35-37-42-23-12-30-47-44(42)27-14-32-49(47)54-51-25-10-11-26-52(51)56(55-46(29-16-34-53(54)55)41-21-8-3-9-22-41)50-33-15-28-45-43(24-13-31-48(45)50)38-36-40-19-6-2-7-20-40/h1-38H/b37-35+,38-36+. The van der Waals surface area contributed by atoms with Crippen LogP contribution in [0.4, 0.5) is 0 Å². The fraction of sp³-hybridized carbons (Fsp3) is 0. The lowest BCUT2D eigenvalue weighted by atomic mass is 9.81. The molecule has 10 aromatic rings. The molecule has 0 spiro atoms. The molecule has 0 radical (unpaired) electrons. The molecule has 0 amide bonds. The van der Waals surface area contributed by atoms with E-state index in [1.165, 1.54) is 98.7 Å². The van der Waals surface area contributed by atoms with E-state index >= 15 is 0 Å². The van der Waals surface area contributed by atoms with Crippen LogP contribution in [0.3, 0.4) is 0 Å². The van der Waals surface area contributed by atoms with Crippen LogP contribution in [-0.2, 0) is 0 Å². The van der Waals surface area contributed by atoms with Crippen molar-refractivity contribution in [1.82, 2.24) is 0 Å². The lowest BCUT2D eigenvalue weighted by molar-refractivity contribution is 1.64. The zero-order chi connectivity index (χ0) is 37.3. The van der Waals surface area contributed by atoms with E-state index in [0.717, 1.165) is 0 Å². The van der Waals surface area contributed by atoms with Crippen molar-refractivity contribution in [2.45, 2.75) is 0 Å². The van der Waals surface area contributed by atoms with Crippen LogP contribution in [0, 0.1) is 0 Å². The molecule has 0 aliphatic heterocycles. The van der Waals surface area contributed by atoms with Crippen LogP contribution >= 0.6 is 0 Å². The lowest BCUT2D eigenvalue weighted by Crippen LogP contribution is -1.95. The van der Waals surface area contributed by atoms with E-state index in [-0.39, 0.29) is 0 Å². The van der Waals surface area contributed by atoms with E-state index in [1.54, 1.807) is 0 Å². The van der Waals surface area contributed by atoms with Gasteiger partial charge in [-0.15, -0.1) is 0 Å². The van der Waals surface area contributed by atoms with Gasteiger partial charge in [0.05, 0.1) is 0 Å². The zero-order valence-corrected chi connectivity index (χ0v) is 30.9. The Morgan fingerprint density at radius 3 is 1.18 bits per heavy atom. The Labute approximate surface area is 328 Å². The Bertz CT molecular complexity index is 3100. The summed E-state index contributed by atoms with van der Waals surface area (Å²) in [6.45, 7) is 0. The summed E-state index contributed by atoms with van der Waals surface area (Å²) in [6.07, 6.45) is 8.92. The third-order valence-corrected chi connectivity index (χ3v) is 11.1. The summed E-state index contributed by atoms with van der Waals surface area (Å²) in [4.78, 5) is 0. The van der Waals surface area contributed by atoms with Gasteiger partial charge >= 0.3 is 0 Å². The van der Waals surface area contributed by atoms with Gasteiger partial charge in [0.2, 0.25) is 0 Å². The molecule has 0 saturated carbocycles. The second kappa shape index (κ2) is 14.5. The van der Waals surface area contributed by atoms with Crippen molar-refractivity contribution >= 4 is 67.4 Å². The Hall–Kier alpha value is -7.28. The highest BCUT2D eigenvalue weighted by Gasteiger charge is 2.22. The summed E-state index contributed by atoms with van der Waals surface area (Å²) in [5.74, 6) is 0. The molecule has 0 aromatic heterocycles. The predicted molar refractivity (Wildman–Crippen MR) is 244 cm³/mol. The Balaban J connectivity index is 1.27. The van der Waals surface area contributed by atoms with Gasteiger partial charge in [-0.25, -0.2) is 0 Å². The summed E-state index contributed by atoms with van der Waals surface area (Å²) < 4.78 is 0. The highest BCUT2D eigenvalue weighted by Crippen LogP contribution is 2.49. The minimum atomic E-state index is 1.19. The van der Waals surface area contributed by atoms with E-state index in [9.17, 15) is 0 Å². The number of hydrogen-bond acceptors (Lipinski definition) is 0. The minimum Gasteiger partial charge on any atom is -0.0622 e. The van der Waals surface area contributed by atoms with Gasteiger partial charge < -0.3 is 0 Å². The summed E-state index contributed by atoms with van der Waals surface area (Å²) >= 11 is 0. The monoisotopic (exact) mass is 710 g/mol. The van der Waals surface area contributed by atoms with Gasteiger partial charge in [0.25, 0.3) is 0 Å². The van der Waals surface area contributed by atoms with Gasteiger partial charge in [0.1, 0.15) is 0 Å². The first-order chi connectivity index (χ1) is 27.8. The second-order valence-electron chi connectivity index (χ2n) is 14.4. The normalized spacial score (nSPS) is 11.8. The lowest BCUT2D eigenvalue weighted by Gasteiger charge is -2.22. The van der Waals surface area contributed by atoms with E-state index in [4.69, 9.17) is 0 Å². The van der Waals surface area contributed by atoms with E-state index < -0.39 is 0 Å². The average molecular weight is 711 g/mol. The van der Waals surface area contributed by atoms with Crippen LogP contribution < -0.4 is 0 Å². The van der Waals surface area contributed by atoms with Crippen molar-refractivity contribution < 1.29 is 0 Å². The number of benzene rings is 10. The summed E-state index contributed by atoms with van der Waals surface area (Å²) in [5.41, 5.74) is 12.2. The smallest absolute Gasteiger partial charge is 0.00139 e. The molecule has 0 unspecified atom stereocenters. The number of hydrogen-bond donors (Lipinski definition) is 0. The molecule has 0 heterocycles. The predicted octanol–water partition coefficient (Wildman–Crippen LogP) is 15.6.